The second-order valence-electron chi connectivity index (χ2n) is 3.06. The predicted octanol–water partition coefficient (Wildman–Crippen LogP) is 0.326. The minimum atomic E-state index is -1.31. The van der Waals surface area contributed by atoms with Crippen molar-refractivity contribution in [3.63, 3.8) is 0 Å². The van der Waals surface area contributed by atoms with Crippen LogP contribution in [0.2, 0.25) is 0 Å². The van der Waals surface area contributed by atoms with E-state index in [1.165, 1.54) is 12.1 Å². The first-order valence-electron chi connectivity index (χ1n) is 4.38. The lowest BCUT2D eigenvalue weighted by molar-refractivity contribution is 0.000566. The van der Waals surface area contributed by atoms with Gasteiger partial charge >= 0.3 is 0 Å². The van der Waals surface area contributed by atoms with Crippen LogP contribution in [0.3, 0.4) is 0 Å². The summed E-state index contributed by atoms with van der Waals surface area (Å²) in [7, 11) is 0. The molecular formula is C9H12BrNO4. The maximum absolute atomic E-state index is 9.62. The van der Waals surface area contributed by atoms with Crippen molar-refractivity contribution in [3.8, 4) is 5.75 Å². The summed E-state index contributed by atoms with van der Waals surface area (Å²) in [5.74, 6) is -0.192. The van der Waals surface area contributed by atoms with E-state index in [9.17, 15) is 15.3 Å². The first kappa shape index (κ1) is 12.4. The number of nitrogens with zero attached hydrogens (tertiary/aromatic N) is 1. The molecular weight excluding hydrogens is 266 g/mol. The van der Waals surface area contributed by atoms with Crippen LogP contribution >= 0.6 is 15.9 Å². The Labute approximate surface area is 95.2 Å². The molecule has 0 aromatic carbocycles. The molecule has 1 aromatic rings. The lowest BCUT2D eigenvalue weighted by Crippen LogP contribution is -2.20. The largest absolute Gasteiger partial charge is 0.506 e. The Bertz CT molecular complexity index is 334. The highest BCUT2D eigenvalue weighted by atomic mass is 79.9. The fourth-order valence-corrected chi connectivity index (χ4v) is 1.46. The maximum Gasteiger partial charge on any atom is 0.139 e. The molecule has 0 amide bonds. The van der Waals surface area contributed by atoms with E-state index in [0.29, 0.717) is 4.60 Å². The molecule has 1 rings (SSSR count). The molecule has 0 aliphatic heterocycles. The quantitative estimate of drug-likeness (QED) is 0.595. The molecule has 6 heteroatoms. The van der Waals surface area contributed by atoms with Gasteiger partial charge in [-0.15, -0.1) is 0 Å². The molecule has 1 heterocycles. The minimum Gasteiger partial charge on any atom is -0.506 e. The highest BCUT2D eigenvalue weighted by Crippen LogP contribution is 2.27. The van der Waals surface area contributed by atoms with E-state index in [1.54, 1.807) is 0 Å². The highest BCUT2D eigenvalue weighted by molar-refractivity contribution is 9.10. The van der Waals surface area contributed by atoms with E-state index in [1.807, 2.05) is 0 Å². The normalized spacial score (nSPS) is 14.9. The summed E-state index contributed by atoms with van der Waals surface area (Å²) in [6, 6.07) is 2.88. The average Bonchev–Trinajstić information content (AvgIpc) is 2.21. The molecule has 0 bridgehead atoms. The number of aromatic nitrogens is 1. The van der Waals surface area contributed by atoms with Gasteiger partial charge in [-0.3, -0.25) is 0 Å². The standard InChI is InChI=1S/C9H12BrNO4/c10-7-2-1-5(13)8(11-7)9(15)6(14)3-4-12/h1-2,6,9,12-15H,3-4H2. The second-order valence-corrected chi connectivity index (χ2v) is 3.88. The molecule has 2 atom stereocenters. The van der Waals surface area contributed by atoms with Gasteiger partial charge in [0.15, 0.2) is 0 Å². The Morgan fingerprint density at radius 2 is 2.00 bits per heavy atom. The topological polar surface area (TPSA) is 93.8 Å². The van der Waals surface area contributed by atoms with Gasteiger partial charge in [-0.2, -0.15) is 0 Å². The highest BCUT2D eigenvalue weighted by Gasteiger charge is 2.22. The summed E-state index contributed by atoms with van der Waals surface area (Å²) in [6.45, 7) is -0.243. The second kappa shape index (κ2) is 5.41. The van der Waals surface area contributed by atoms with Crippen LogP contribution in [-0.4, -0.2) is 38.1 Å². The lowest BCUT2D eigenvalue weighted by Gasteiger charge is -2.17. The minimum absolute atomic E-state index is 0.00896. The summed E-state index contributed by atoms with van der Waals surface area (Å²) in [4.78, 5) is 3.85. The summed E-state index contributed by atoms with van der Waals surface area (Å²) in [6.07, 6.45) is -2.44. The Hall–Kier alpha value is -0.690. The fraction of sp³-hybridized carbons (Fsp3) is 0.444. The van der Waals surface area contributed by atoms with E-state index in [-0.39, 0.29) is 24.5 Å². The van der Waals surface area contributed by atoms with Crippen LogP contribution in [-0.2, 0) is 0 Å². The number of hydrogen-bond donors (Lipinski definition) is 4. The molecule has 0 saturated heterocycles. The first-order valence-corrected chi connectivity index (χ1v) is 5.18. The van der Waals surface area contributed by atoms with Gasteiger partial charge in [0.2, 0.25) is 0 Å². The third-order valence-electron chi connectivity index (χ3n) is 1.94. The lowest BCUT2D eigenvalue weighted by atomic mass is 10.1. The SMILES string of the molecule is OCCC(O)C(O)c1nc(Br)ccc1O. The van der Waals surface area contributed by atoms with Crippen LogP contribution in [0.25, 0.3) is 0 Å². The molecule has 0 fully saturated rings. The number of aliphatic hydroxyl groups excluding tert-OH is 3. The number of hydrogen-bond acceptors (Lipinski definition) is 5. The zero-order chi connectivity index (χ0) is 11.4. The molecule has 4 N–H and O–H groups in total. The van der Waals surface area contributed by atoms with Gasteiger partial charge in [0.25, 0.3) is 0 Å². The Balaban J connectivity index is 2.89. The van der Waals surface area contributed by atoms with Crippen molar-refractivity contribution in [2.24, 2.45) is 0 Å². The molecule has 0 spiro atoms. The molecule has 1 aromatic heterocycles. The van der Waals surface area contributed by atoms with Gasteiger partial charge in [0.1, 0.15) is 22.2 Å². The average molecular weight is 278 g/mol. The third-order valence-corrected chi connectivity index (χ3v) is 2.38. The Kier molecular flexibility index (Phi) is 4.46. The molecule has 0 aliphatic rings. The maximum atomic E-state index is 9.62. The van der Waals surface area contributed by atoms with Gasteiger partial charge in [0, 0.05) is 6.61 Å². The van der Waals surface area contributed by atoms with Gasteiger partial charge in [-0.25, -0.2) is 4.98 Å². The van der Waals surface area contributed by atoms with Crippen molar-refractivity contribution in [1.29, 1.82) is 0 Å². The summed E-state index contributed by atoms with van der Waals surface area (Å²) in [5, 5.41) is 37.0. The number of rotatable bonds is 4. The van der Waals surface area contributed by atoms with Gasteiger partial charge in [-0.1, -0.05) is 0 Å². The van der Waals surface area contributed by atoms with Crippen LogP contribution in [0.5, 0.6) is 5.75 Å². The molecule has 0 saturated carbocycles. The number of halogens is 1. The number of aliphatic hydroxyl groups is 3. The van der Waals surface area contributed by atoms with E-state index < -0.39 is 12.2 Å². The molecule has 2 unspecified atom stereocenters. The summed E-state index contributed by atoms with van der Waals surface area (Å²) < 4.78 is 0.450. The van der Waals surface area contributed by atoms with Crippen LogP contribution in [0, 0.1) is 0 Å². The fourth-order valence-electron chi connectivity index (χ4n) is 1.13. The molecule has 15 heavy (non-hydrogen) atoms. The predicted molar refractivity (Wildman–Crippen MR) is 56.3 cm³/mol. The molecule has 5 nitrogen and oxygen atoms in total. The Morgan fingerprint density at radius 1 is 1.33 bits per heavy atom. The third kappa shape index (κ3) is 3.13. The van der Waals surface area contributed by atoms with E-state index in [0.717, 1.165) is 0 Å². The van der Waals surface area contributed by atoms with Crippen LogP contribution in [0.15, 0.2) is 16.7 Å². The van der Waals surface area contributed by atoms with Crippen LogP contribution < -0.4 is 0 Å². The monoisotopic (exact) mass is 277 g/mol. The van der Waals surface area contributed by atoms with Gasteiger partial charge < -0.3 is 20.4 Å². The summed E-state index contributed by atoms with van der Waals surface area (Å²) in [5.41, 5.74) is -0.00896. The van der Waals surface area contributed by atoms with E-state index in [4.69, 9.17) is 5.11 Å². The zero-order valence-corrected chi connectivity index (χ0v) is 9.42. The van der Waals surface area contributed by atoms with E-state index in [2.05, 4.69) is 20.9 Å². The van der Waals surface area contributed by atoms with Crippen molar-refractivity contribution in [3.05, 3.63) is 22.4 Å². The van der Waals surface area contributed by atoms with Gasteiger partial charge in [0.05, 0.1) is 6.10 Å². The Morgan fingerprint density at radius 3 is 2.60 bits per heavy atom. The van der Waals surface area contributed by atoms with Crippen molar-refractivity contribution in [1.82, 2.24) is 4.98 Å². The van der Waals surface area contributed by atoms with Crippen LogP contribution in [0.1, 0.15) is 18.2 Å². The summed E-state index contributed by atoms with van der Waals surface area (Å²) >= 11 is 3.09. The van der Waals surface area contributed by atoms with E-state index >= 15 is 0 Å². The molecule has 0 aliphatic carbocycles. The first-order chi connectivity index (χ1) is 7.06. The van der Waals surface area contributed by atoms with Crippen molar-refractivity contribution in [2.75, 3.05) is 6.61 Å². The smallest absolute Gasteiger partial charge is 0.139 e. The van der Waals surface area contributed by atoms with Gasteiger partial charge in [-0.05, 0) is 34.5 Å². The van der Waals surface area contributed by atoms with Crippen molar-refractivity contribution < 1.29 is 20.4 Å². The number of pyridine rings is 1. The molecule has 84 valence electrons. The van der Waals surface area contributed by atoms with Crippen molar-refractivity contribution in [2.45, 2.75) is 18.6 Å². The number of aromatic hydroxyl groups is 1. The zero-order valence-electron chi connectivity index (χ0n) is 7.84. The van der Waals surface area contributed by atoms with Crippen molar-refractivity contribution >= 4 is 15.9 Å². The van der Waals surface area contributed by atoms with Crippen LogP contribution in [0.4, 0.5) is 0 Å². The molecule has 0 radical (unpaired) electrons.